The number of hydrogen-bond donors (Lipinski definition) is 1. The molecule has 1 aromatic carbocycles. The van der Waals surface area contributed by atoms with E-state index in [1.807, 2.05) is 0 Å². The fourth-order valence-electron chi connectivity index (χ4n) is 2.09. The molecule has 8 heteroatoms. The maximum absolute atomic E-state index is 12.5. The zero-order valence-corrected chi connectivity index (χ0v) is 15.3. The summed E-state index contributed by atoms with van der Waals surface area (Å²) in [6.07, 6.45) is -0.847. The molecule has 1 amide bonds. The van der Waals surface area contributed by atoms with Crippen LogP contribution in [0.3, 0.4) is 0 Å². The number of aliphatic hydroxyl groups is 1. The van der Waals surface area contributed by atoms with Crippen LogP contribution in [0.25, 0.3) is 0 Å². The highest BCUT2D eigenvalue weighted by molar-refractivity contribution is 6.35. The molecule has 0 saturated heterocycles. The van der Waals surface area contributed by atoms with Crippen molar-refractivity contribution in [2.24, 2.45) is 5.92 Å². The molecule has 0 heterocycles. The van der Waals surface area contributed by atoms with Gasteiger partial charge in [0.15, 0.2) is 6.10 Å². The fraction of sp³-hybridized carbons (Fsp3) is 0.500. The van der Waals surface area contributed by atoms with Crippen molar-refractivity contribution in [3.63, 3.8) is 0 Å². The molecule has 0 aliphatic rings. The van der Waals surface area contributed by atoms with Gasteiger partial charge in [0.1, 0.15) is 5.75 Å². The van der Waals surface area contributed by atoms with Crippen LogP contribution in [0.2, 0.25) is 10.0 Å². The second kappa shape index (κ2) is 9.71. The molecule has 0 spiro atoms. The minimum absolute atomic E-state index is 0.0855. The van der Waals surface area contributed by atoms with Gasteiger partial charge >= 0.3 is 5.97 Å². The Labute approximate surface area is 151 Å². The van der Waals surface area contributed by atoms with E-state index in [0.717, 1.165) is 0 Å². The molecule has 0 saturated carbocycles. The van der Waals surface area contributed by atoms with Crippen LogP contribution in [-0.2, 0) is 14.3 Å². The highest BCUT2D eigenvalue weighted by Crippen LogP contribution is 2.28. The van der Waals surface area contributed by atoms with E-state index in [4.69, 9.17) is 33.0 Å². The lowest BCUT2D eigenvalue weighted by Crippen LogP contribution is -2.45. The third-order valence-electron chi connectivity index (χ3n) is 3.32. The number of amides is 1. The topological polar surface area (TPSA) is 76.1 Å². The Morgan fingerprint density at radius 3 is 2.50 bits per heavy atom. The SMILES string of the molecule is COC(=O)C(C)CN(CCO)C(=O)C(C)Oc1ccc(Cl)cc1Cl. The van der Waals surface area contributed by atoms with Crippen molar-refractivity contribution in [2.75, 3.05) is 26.8 Å². The number of methoxy groups -OCH3 is 1. The molecule has 24 heavy (non-hydrogen) atoms. The normalized spacial score (nSPS) is 13.1. The molecule has 0 bridgehead atoms. The van der Waals surface area contributed by atoms with Crippen molar-refractivity contribution in [1.29, 1.82) is 0 Å². The number of benzene rings is 1. The van der Waals surface area contributed by atoms with Crippen LogP contribution < -0.4 is 4.74 Å². The zero-order valence-electron chi connectivity index (χ0n) is 13.8. The van der Waals surface area contributed by atoms with Crippen molar-refractivity contribution in [3.05, 3.63) is 28.2 Å². The molecule has 0 fully saturated rings. The lowest BCUT2D eigenvalue weighted by molar-refractivity contribution is -0.147. The number of carbonyl (C=O) groups excluding carboxylic acids is 2. The molecule has 134 valence electrons. The van der Waals surface area contributed by atoms with E-state index in [9.17, 15) is 9.59 Å². The molecule has 6 nitrogen and oxygen atoms in total. The molecule has 1 rings (SSSR count). The summed E-state index contributed by atoms with van der Waals surface area (Å²) in [5.41, 5.74) is 0. The van der Waals surface area contributed by atoms with Gasteiger partial charge < -0.3 is 19.5 Å². The molecule has 2 unspecified atom stereocenters. The summed E-state index contributed by atoms with van der Waals surface area (Å²) >= 11 is 11.8. The molecule has 0 radical (unpaired) electrons. The first-order chi connectivity index (χ1) is 11.3. The van der Waals surface area contributed by atoms with Gasteiger partial charge in [-0.05, 0) is 25.1 Å². The van der Waals surface area contributed by atoms with Gasteiger partial charge in [-0.3, -0.25) is 9.59 Å². The Balaban J connectivity index is 2.79. The molecule has 0 aliphatic heterocycles. The average Bonchev–Trinajstić information content (AvgIpc) is 2.55. The summed E-state index contributed by atoms with van der Waals surface area (Å²) in [5.74, 6) is -0.991. The molecular formula is C16H21Cl2NO5. The van der Waals surface area contributed by atoms with Gasteiger partial charge in [0, 0.05) is 18.1 Å². The molecular weight excluding hydrogens is 357 g/mol. The average molecular weight is 378 g/mol. The van der Waals surface area contributed by atoms with E-state index < -0.39 is 18.0 Å². The van der Waals surface area contributed by atoms with Gasteiger partial charge in [-0.1, -0.05) is 30.1 Å². The largest absolute Gasteiger partial charge is 0.479 e. The van der Waals surface area contributed by atoms with Crippen molar-refractivity contribution >= 4 is 35.1 Å². The number of halogens is 2. The molecule has 2 atom stereocenters. The van der Waals surface area contributed by atoms with Gasteiger partial charge in [-0.15, -0.1) is 0 Å². The Hall–Kier alpha value is -1.50. The first-order valence-electron chi connectivity index (χ1n) is 7.39. The van der Waals surface area contributed by atoms with Crippen LogP contribution in [-0.4, -0.2) is 54.8 Å². The highest BCUT2D eigenvalue weighted by atomic mass is 35.5. The van der Waals surface area contributed by atoms with E-state index in [1.54, 1.807) is 26.0 Å². The number of hydrogen-bond acceptors (Lipinski definition) is 5. The zero-order chi connectivity index (χ0) is 18.3. The summed E-state index contributed by atoms with van der Waals surface area (Å²) in [5, 5.41) is 9.90. The van der Waals surface area contributed by atoms with Crippen LogP contribution in [0.1, 0.15) is 13.8 Å². The lowest BCUT2D eigenvalue weighted by Gasteiger charge is -2.27. The second-order valence-corrected chi connectivity index (χ2v) is 6.11. The van der Waals surface area contributed by atoms with E-state index in [1.165, 1.54) is 18.1 Å². The maximum atomic E-state index is 12.5. The van der Waals surface area contributed by atoms with Crippen LogP contribution in [0, 0.1) is 5.92 Å². The van der Waals surface area contributed by atoms with E-state index >= 15 is 0 Å². The van der Waals surface area contributed by atoms with Crippen LogP contribution >= 0.6 is 23.2 Å². The maximum Gasteiger partial charge on any atom is 0.310 e. The fourth-order valence-corrected chi connectivity index (χ4v) is 2.54. The smallest absolute Gasteiger partial charge is 0.310 e. The number of aliphatic hydroxyl groups excluding tert-OH is 1. The first kappa shape index (κ1) is 20.5. The number of rotatable bonds is 8. The van der Waals surface area contributed by atoms with Crippen molar-refractivity contribution < 1.29 is 24.2 Å². The van der Waals surface area contributed by atoms with Crippen molar-refractivity contribution in [3.8, 4) is 5.75 Å². The van der Waals surface area contributed by atoms with Gasteiger partial charge in [0.05, 0.1) is 24.7 Å². The standard InChI is InChI=1S/C16H21Cl2NO5/c1-10(16(22)23-3)9-19(6-7-20)15(21)11(2)24-14-5-4-12(17)8-13(14)18/h4-5,8,10-11,20H,6-7,9H2,1-3H3. The number of ether oxygens (including phenoxy) is 2. The summed E-state index contributed by atoms with van der Waals surface area (Å²) in [6, 6.07) is 4.69. The van der Waals surface area contributed by atoms with Crippen molar-refractivity contribution in [2.45, 2.75) is 20.0 Å². The number of nitrogens with zero attached hydrogens (tertiary/aromatic N) is 1. The van der Waals surface area contributed by atoms with Crippen LogP contribution in [0.5, 0.6) is 5.75 Å². The van der Waals surface area contributed by atoms with Gasteiger partial charge in [-0.25, -0.2) is 0 Å². The summed E-state index contributed by atoms with van der Waals surface area (Å²) in [6.45, 7) is 3.19. The van der Waals surface area contributed by atoms with Gasteiger partial charge in [0.25, 0.3) is 5.91 Å². The minimum Gasteiger partial charge on any atom is -0.479 e. The van der Waals surface area contributed by atoms with Gasteiger partial charge in [-0.2, -0.15) is 0 Å². The van der Waals surface area contributed by atoms with E-state index in [0.29, 0.717) is 15.8 Å². The van der Waals surface area contributed by atoms with Crippen molar-refractivity contribution in [1.82, 2.24) is 4.90 Å². The molecule has 0 aliphatic carbocycles. The number of carbonyl (C=O) groups is 2. The summed E-state index contributed by atoms with van der Waals surface area (Å²) < 4.78 is 10.2. The Bertz CT molecular complexity index is 582. The minimum atomic E-state index is -0.847. The molecule has 1 aromatic rings. The predicted molar refractivity (Wildman–Crippen MR) is 91.4 cm³/mol. The van der Waals surface area contributed by atoms with Crippen LogP contribution in [0.15, 0.2) is 18.2 Å². The molecule has 0 aromatic heterocycles. The Morgan fingerprint density at radius 1 is 1.29 bits per heavy atom. The van der Waals surface area contributed by atoms with Gasteiger partial charge in [0.2, 0.25) is 0 Å². The van der Waals surface area contributed by atoms with Crippen LogP contribution in [0.4, 0.5) is 0 Å². The third-order valence-corrected chi connectivity index (χ3v) is 3.86. The third kappa shape index (κ3) is 5.85. The Kier molecular flexibility index (Phi) is 8.31. The summed E-state index contributed by atoms with van der Waals surface area (Å²) in [7, 11) is 1.28. The monoisotopic (exact) mass is 377 g/mol. The van der Waals surface area contributed by atoms with E-state index in [-0.39, 0.29) is 25.6 Å². The Morgan fingerprint density at radius 2 is 1.96 bits per heavy atom. The molecule has 1 N–H and O–H groups in total. The second-order valence-electron chi connectivity index (χ2n) is 5.27. The lowest BCUT2D eigenvalue weighted by atomic mass is 10.1. The predicted octanol–water partition coefficient (Wildman–Crippen LogP) is 2.39. The first-order valence-corrected chi connectivity index (χ1v) is 8.14. The highest BCUT2D eigenvalue weighted by Gasteiger charge is 2.26. The quantitative estimate of drug-likeness (QED) is 0.703. The number of esters is 1. The van der Waals surface area contributed by atoms with E-state index in [2.05, 4.69) is 4.74 Å². The summed E-state index contributed by atoms with van der Waals surface area (Å²) in [4.78, 5) is 25.4.